The minimum Gasteiger partial charge on any atom is -0.492 e. The van der Waals surface area contributed by atoms with Gasteiger partial charge in [0.25, 0.3) is 0 Å². The average molecular weight is 268 g/mol. The summed E-state index contributed by atoms with van der Waals surface area (Å²) >= 11 is 0. The summed E-state index contributed by atoms with van der Waals surface area (Å²) in [5.74, 6) is 0.440. The molecule has 2 N–H and O–H groups in total. The topological polar surface area (TPSA) is 47.7 Å². The molecule has 1 aromatic rings. The number of nitrogens with two attached hydrogens (primary N) is 1. The first kappa shape index (κ1) is 14.2. The van der Waals surface area contributed by atoms with Gasteiger partial charge in [-0.3, -0.25) is 4.90 Å². The Bertz CT molecular complexity index is 366. The number of ether oxygens (including phenoxy) is 2. The molecule has 1 aromatic carbocycles. The van der Waals surface area contributed by atoms with Crippen molar-refractivity contribution in [2.45, 2.75) is 12.5 Å². The Hall–Kier alpha value is -1.17. The van der Waals surface area contributed by atoms with Gasteiger partial charge in [-0.25, -0.2) is 4.39 Å². The van der Waals surface area contributed by atoms with Crippen LogP contribution < -0.4 is 10.5 Å². The summed E-state index contributed by atoms with van der Waals surface area (Å²) in [7, 11) is 0. The standard InChI is InChI=1S/C14H21FN2O2/c15-12-1-3-14(4-2-12)19-11-13(5-6-16)17-7-9-18-10-8-17/h1-4,13H,5-11,16H2. The zero-order valence-corrected chi connectivity index (χ0v) is 11.1. The highest BCUT2D eigenvalue weighted by molar-refractivity contribution is 5.22. The highest BCUT2D eigenvalue weighted by atomic mass is 19.1. The van der Waals surface area contributed by atoms with E-state index in [9.17, 15) is 4.39 Å². The zero-order valence-electron chi connectivity index (χ0n) is 11.1. The average Bonchev–Trinajstić information content (AvgIpc) is 2.46. The second-order valence-electron chi connectivity index (χ2n) is 4.64. The van der Waals surface area contributed by atoms with Gasteiger partial charge in [0.2, 0.25) is 0 Å². The van der Waals surface area contributed by atoms with Gasteiger partial charge in [-0.2, -0.15) is 0 Å². The SMILES string of the molecule is NCCC(COc1ccc(F)cc1)N1CCOCC1. The molecular formula is C14H21FN2O2. The van der Waals surface area contributed by atoms with Gasteiger partial charge in [-0.1, -0.05) is 0 Å². The molecule has 1 heterocycles. The molecule has 0 saturated carbocycles. The van der Waals surface area contributed by atoms with E-state index in [0.29, 0.717) is 24.9 Å². The van der Waals surface area contributed by atoms with Crippen molar-refractivity contribution in [1.82, 2.24) is 4.90 Å². The largest absolute Gasteiger partial charge is 0.492 e. The lowest BCUT2D eigenvalue weighted by atomic mass is 10.1. The van der Waals surface area contributed by atoms with Gasteiger partial charge < -0.3 is 15.2 Å². The van der Waals surface area contributed by atoms with Gasteiger partial charge in [0.15, 0.2) is 0 Å². The van der Waals surface area contributed by atoms with Crippen LogP contribution in [0, 0.1) is 5.82 Å². The van der Waals surface area contributed by atoms with Crippen molar-refractivity contribution in [2.75, 3.05) is 39.5 Å². The molecule has 0 spiro atoms. The van der Waals surface area contributed by atoms with E-state index in [4.69, 9.17) is 15.2 Å². The van der Waals surface area contributed by atoms with Crippen molar-refractivity contribution >= 4 is 0 Å². The molecular weight excluding hydrogens is 247 g/mol. The number of benzene rings is 1. The normalized spacial score (nSPS) is 18.2. The van der Waals surface area contributed by atoms with Crippen LogP contribution in [0.3, 0.4) is 0 Å². The third-order valence-corrected chi connectivity index (χ3v) is 3.32. The van der Waals surface area contributed by atoms with E-state index in [2.05, 4.69) is 4.90 Å². The molecule has 4 nitrogen and oxygen atoms in total. The molecule has 1 aliphatic rings. The summed E-state index contributed by atoms with van der Waals surface area (Å²) in [6, 6.07) is 6.39. The maximum Gasteiger partial charge on any atom is 0.123 e. The third-order valence-electron chi connectivity index (χ3n) is 3.32. The molecule has 1 saturated heterocycles. The Kier molecular flexibility index (Phi) is 5.57. The first-order chi connectivity index (χ1) is 9.29. The molecule has 1 aliphatic heterocycles. The van der Waals surface area contributed by atoms with Crippen molar-refractivity contribution in [3.05, 3.63) is 30.1 Å². The second-order valence-corrected chi connectivity index (χ2v) is 4.64. The number of morpholine rings is 1. The minimum absolute atomic E-state index is 0.251. The number of hydrogen-bond donors (Lipinski definition) is 1. The van der Waals surface area contributed by atoms with E-state index >= 15 is 0 Å². The molecule has 1 atom stereocenters. The predicted octanol–water partition coefficient (Wildman–Crippen LogP) is 1.25. The molecule has 0 amide bonds. The first-order valence-electron chi connectivity index (χ1n) is 6.70. The van der Waals surface area contributed by atoms with E-state index in [-0.39, 0.29) is 5.82 Å². The quantitative estimate of drug-likeness (QED) is 0.843. The molecule has 0 radical (unpaired) electrons. The van der Waals surface area contributed by atoms with E-state index in [1.165, 1.54) is 12.1 Å². The van der Waals surface area contributed by atoms with Gasteiger partial charge in [-0.05, 0) is 37.2 Å². The van der Waals surface area contributed by atoms with Crippen LogP contribution in [0.5, 0.6) is 5.75 Å². The van der Waals surface area contributed by atoms with Gasteiger partial charge in [0.1, 0.15) is 18.2 Å². The van der Waals surface area contributed by atoms with Gasteiger partial charge in [0.05, 0.1) is 13.2 Å². The summed E-state index contributed by atoms with van der Waals surface area (Å²) in [5, 5.41) is 0. The fourth-order valence-electron chi connectivity index (χ4n) is 2.23. The summed E-state index contributed by atoms with van der Waals surface area (Å²) in [6.45, 7) is 4.56. The molecule has 1 fully saturated rings. The van der Waals surface area contributed by atoms with Gasteiger partial charge in [0, 0.05) is 19.1 Å². The molecule has 0 bridgehead atoms. The van der Waals surface area contributed by atoms with Crippen LogP contribution >= 0.6 is 0 Å². The van der Waals surface area contributed by atoms with E-state index in [1.54, 1.807) is 12.1 Å². The Morgan fingerprint density at radius 3 is 2.58 bits per heavy atom. The Morgan fingerprint density at radius 2 is 1.95 bits per heavy atom. The van der Waals surface area contributed by atoms with Crippen LogP contribution in [0.25, 0.3) is 0 Å². The first-order valence-corrected chi connectivity index (χ1v) is 6.70. The van der Waals surface area contributed by atoms with Crippen molar-refractivity contribution in [1.29, 1.82) is 0 Å². The molecule has 2 rings (SSSR count). The van der Waals surface area contributed by atoms with Crippen LogP contribution in [-0.4, -0.2) is 50.4 Å². The minimum atomic E-state index is -0.251. The monoisotopic (exact) mass is 268 g/mol. The Morgan fingerprint density at radius 1 is 1.26 bits per heavy atom. The fourth-order valence-corrected chi connectivity index (χ4v) is 2.23. The number of halogens is 1. The van der Waals surface area contributed by atoms with Crippen molar-refractivity contribution in [3.63, 3.8) is 0 Å². The third kappa shape index (κ3) is 4.45. The van der Waals surface area contributed by atoms with Gasteiger partial charge >= 0.3 is 0 Å². The van der Waals surface area contributed by atoms with Crippen molar-refractivity contribution in [2.24, 2.45) is 5.73 Å². The molecule has 5 heteroatoms. The molecule has 19 heavy (non-hydrogen) atoms. The smallest absolute Gasteiger partial charge is 0.123 e. The van der Waals surface area contributed by atoms with Crippen LogP contribution in [0.1, 0.15) is 6.42 Å². The van der Waals surface area contributed by atoms with E-state index in [0.717, 1.165) is 32.7 Å². The predicted molar refractivity (Wildman–Crippen MR) is 71.7 cm³/mol. The summed E-state index contributed by atoms with van der Waals surface area (Å²) in [5.41, 5.74) is 5.66. The molecule has 1 unspecified atom stereocenters. The lowest BCUT2D eigenvalue weighted by molar-refractivity contribution is 0.00458. The summed E-state index contributed by atoms with van der Waals surface area (Å²) in [6.07, 6.45) is 0.890. The van der Waals surface area contributed by atoms with E-state index in [1.807, 2.05) is 0 Å². The Balaban J connectivity index is 1.87. The maximum atomic E-state index is 12.8. The zero-order chi connectivity index (χ0) is 13.5. The molecule has 106 valence electrons. The highest BCUT2D eigenvalue weighted by Gasteiger charge is 2.20. The van der Waals surface area contributed by atoms with Gasteiger partial charge in [-0.15, -0.1) is 0 Å². The number of hydrogen-bond acceptors (Lipinski definition) is 4. The fraction of sp³-hybridized carbons (Fsp3) is 0.571. The number of nitrogens with zero attached hydrogens (tertiary/aromatic N) is 1. The van der Waals surface area contributed by atoms with Crippen LogP contribution in [0.2, 0.25) is 0 Å². The lowest BCUT2D eigenvalue weighted by Gasteiger charge is -2.34. The lowest BCUT2D eigenvalue weighted by Crippen LogP contribution is -2.47. The van der Waals surface area contributed by atoms with E-state index < -0.39 is 0 Å². The van der Waals surface area contributed by atoms with Crippen LogP contribution in [-0.2, 0) is 4.74 Å². The second kappa shape index (κ2) is 7.43. The highest BCUT2D eigenvalue weighted by Crippen LogP contribution is 2.14. The summed E-state index contributed by atoms with van der Waals surface area (Å²) < 4.78 is 23.9. The van der Waals surface area contributed by atoms with Crippen molar-refractivity contribution in [3.8, 4) is 5.75 Å². The van der Waals surface area contributed by atoms with Crippen LogP contribution in [0.4, 0.5) is 4.39 Å². The number of rotatable bonds is 6. The van der Waals surface area contributed by atoms with Crippen LogP contribution in [0.15, 0.2) is 24.3 Å². The summed E-state index contributed by atoms with van der Waals surface area (Å²) in [4.78, 5) is 2.35. The Labute approximate surface area is 113 Å². The van der Waals surface area contributed by atoms with Crippen molar-refractivity contribution < 1.29 is 13.9 Å². The maximum absolute atomic E-state index is 12.8. The molecule has 0 aromatic heterocycles. The molecule has 0 aliphatic carbocycles.